The lowest BCUT2D eigenvalue weighted by atomic mass is 10.2. The van der Waals surface area contributed by atoms with E-state index in [1.165, 1.54) is 4.52 Å². The molecule has 1 aromatic carbocycles. The molecule has 8 nitrogen and oxygen atoms in total. The maximum absolute atomic E-state index is 12.6. The molecule has 0 radical (unpaired) electrons. The SMILES string of the molecule is Cc1ccnc2nc(C(=O)NC3CCN(c4ccccc4)C3=O)nn12. The number of nitrogens with zero attached hydrogens (tertiary/aromatic N) is 5. The Balaban J connectivity index is 1.51. The molecule has 1 aliphatic heterocycles. The van der Waals surface area contributed by atoms with Gasteiger partial charge in [-0.3, -0.25) is 9.59 Å². The van der Waals surface area contributed by atoms with Crippen LogP contribution < -0.4 is 10.2 Å². The lowest BCUT2D eigenvalue weighted by Gasteiger charge is -2.16. The lowest BCUT2D eigenvalue weighted by Crippen LogP contribution is -2.41. The Morgan fingerprint density at radius 3 is 2.80 bits per heavy atom. The topological polar surface area (TPSA) is 92.5 Å². The fourth-order valence-electron chi connectivity index (χ4n) is 2.90. The number of rotatable bonds is 3. The van der Waals surface area contributed by atoms with Gasteiger partial charge in [0.05, 0.1) is 0 Å². The monoisotopic (exact) mass is 336 g/mol. The molecular formula is C17H16N6O2. The van der Waals surface area contributed by atoms with Gasteiger partial charge in [0, 0.05) is 24.1 Å². The van der Waals surface area contributed by atoms with Crippen LogP contribution in [0.5, 0.6) is 0 Å². The van der Waals surface area contributed by atoms with E-state index in [1.54, 1.807) is 17.2 Å². The largest absolute Gasteiger partial charge is 0.337 e. The van der Waals surface area contributed by atoms with Crippen LogP contribution in [0, 0.1) is 6.92 Å². The smallest absolute Gasteiger partial charge is 0.291 e. The van der Waals surface area contributed by atoms with Crippen molar-refractivity contribution in [2.45, 2.75) is 19.4 Å². The van der Waals surface area contributed by atoms with Crippen molar-refractivity contribution in [3.63, 3.8) is 0 Å². The van der Waals surface area contributed by atoms with Gasteiger partial charge >= 0.3 is 0 Å². The molecule has 4 rings (SSSR count). The van der Waals surface area contributed by atoms with Crippen LogP contribution >= 0.6 is 0 Å². The summed E-state index contributed by atoms with van der Waals surface area (Å²) in [6, 6.07) is 10.6. The van der Waals surface area contributed by atoms with Gasteiger partial charge in [0.15, 0.2) is 0 Å². The van der Waals surface area contributed by atoms with E-state index in [0.29, 0.717) is 18.7 Å². The average molecular weight is 336 g/mol. The van der Waals surface area contributed by atoms with Crippen LogP contribution in [0.15, 0.2) is 42.6 Å². The summed E-state index contributed by atoms with van der Waals surface area (Å²) >= 11 is 0. The predicted molar refractivity (Wildman–Crippen MR) is 90.2 cm³/mol. The van der Waals surface area contributed by atoms with Crippen molar-refractivity contribution < 1.29 is 9.59 Å². The first-order valence-electron chi connectivity index (χ1n) is 7.99. The molecular weight excluding hydrogens is 320 g/mol. The number of nitrogens with one attached hydrogen (secondary N) is 1. The number of carbonyl (C=O) groups excluding carboxylic acids is 2. The molecule has 25 heavy (non-hydrogen) atoms. The van der Waals surface area contributed by atoms with Gasteiger partial charge in [-0.15, -0.1) is 5.10 Å². The Morgan fingerprint density at radius 1 is 1.24 bits per heavy atom. The molecule has 1 N–H and O–H groups in total. The summed E-state index contributed by atoms with van der Waals surface area (Å²) in [6.45, 7) is 2.41. The minimum absolute atomic E-state index is 0.00719. The zero-order valence-corrected chi connectivity index (χ0v) is 13.6. The second-order valence-electron chi connectivity index (χ2n) is 5.87. The van der Waals surface area contributed by atoms with Crippen molar-refractivity contribution in [3.8, 4) is 0 Å². The average Bonchev–Trinajstić information content (AvgIpc) is 3.21. The van der Waals surface area contributed by atoms with Gasteiger partial charge in [-0.2, -0.15) is 4.98 Å². The first-order valence-corrected chi connectivity index (χ1v) is 7.99. The molecule has 0 saturated carbocycles. The van der Waals surface area contributed by atoms with Gasteiger partial charge in [-0.1, -0.05) is 18.2 Å². The Bertz CT molecular complexity index is 952. The van der Waals surface area contributed by atoms with Crippen molar-refractivity contribution in [3.05, 3.63) is 54.1 Å². The second kappa shape index (κ2) is 5.97. The predicted octanol–water partition coefficient (Wildman–Crippen LogP) is 0.968. The maximum atomic E-state index is 12.6. The van der Waals surface area contributed by atoms with E-state index in [0.717, 1.165) is 11.4 Å². The summed E-state index contributed by atoms with van der Waals surface area (Å²) in [5, 5.41) is 6.89. The van der Waals surface area contributed by atoms with Crippen molar-refractivity contribution in [1.29, 1.82) is 0 Å². The van der Waals surface area contributed by atoms with E-state index in [9.17, 15) is 9.59 Å². The van der Waals surface area contributed by atoms with Gasteiger partial charge in [0.1, 0.15) is 6.04 Å². The molecule has 1 saturated heterocycles. The van der Waals surface area contributed by atoms with Gasteiger partial charge in [-0.05, 0) is 31.5 Å². The van der Waals surface area contributed by atoms with Crippen molar-refractivity contribution in [2.75, 3.05) is 11.4 Å². The van der Waals surface area contributed by atoms with Crippen LogP contribution in [0.4, 0.5) is 5.69 Å². The molecule has 3 heterocycles. The normalized spacial score (nSPS) is 17.2. The molecule has 3 aromatic rings. The van der Waals surface area contributed by atoms with E-state index in [-0.39, 0.29) is 11.7 Å². The fraction of sp³-hybridized carbons (Fsp3) is 0.235. The van der Waals surface area contributed by atoms with Crippen molar-refractivity contribution in [1.82, 2.24) is 24.9 Å². The third-order valence-electron chi connectivity index (χ3n) is 4.21. The number of anilines is 1. The Morgan fingerprint density at radius 2 is 2.04 bits per heavy atom. The summed E-state index contributed by atoms with van der Waals surface area (Å²) in [5.74, 6) is -0.239. The van der Waals surface area contributed by atoms with Crippen LogP contribution in [0.3, 0.4) is 0 Å². The van der Waals surface area contributed by atoms with E-state index < -0.39 is 11.9 Å². The van der Waals surface area contributed by atoms with E-state index in [4.69, 9.17) is 0 Å². The van der Waals surface area contributed by atoms with Crippen LogP contribution in [0.1, 0.15) is 22.7 Å². The zero-order chi connectivity index (χ0) is 17.4. The molecule has 1 atom stereocenters. The standard InChI is InChI=1S/C17H16N6O2/c1-11-7-9-18-17-20-14(21-23(11)17)15(24)19-13-8-10-22(16(13)25)12-5-3-2-4-6-12/h2-7,9,13H,8,10H2,1H3,(H,19,24). The Labute approximate surface area is 143 Å². The fourth-order valence-corrected chi connectivity index (χ4v) is 2.90. The number of amides is 2. The first-order chi connectivity index (χ1) is 12.1. The summed E-state index contributed by atoms with van der Waals surface area (Å²) in [7, 11) is 0. The lowest BCUT2D eigenvalue weighted by molar-refractivity contribution is -0.118. The quantitative estimate of drug-likeness (QED) is 0.769. The molecule has 1 unspecified atom stereocenters. The highest BCUT2D eigenvalue weighted by Crippen LogP contribution is 2.21. The first kappa shape index (κ1) is 15.3. The summed E-state index contributed by atoms with van der Waals surface area (Å²) < 4.78 is 1.50. The van der Waals surface area contributed by atoms with E-state index in [1.807, 2.05) is 37.3 Å². The van der Waals surface area contributed by atoms with Crippen LogP contribution in [0.25, 0.3) is 5.78 Å². The number of aromatic nitrogens is 4. The second-order valence-corrected chi connectivity index (χ2v) is 5.87. The number of hydrogen-bond donors (Lipinski definition) is 1. The minimum atomic E-state index is -0.576. The molecule has 0 spiro atoms. The number of para-hydroxylation sites is 1. The summed E-state index contributed by atoms with van der Waals surface area (Å²) in [4.78, 5) is 34.8. The highest BCUT2D eigenvalue weighted by molar-refractivity contribution is 6.03. The molecule has 8 heteroatoms. The van der Waals surface area contributed by atoms with Crippen LogP contribution in [-0.2, 0) is 4.79 Å². The molecule has 0 bridgehead atoms. The number of aryl methyl sites for hydroxylation is 1. The molecule has 2 aromatic heterocycles. The third-order valence-corrected chi connectivity index (χ3v) is 4.21. The molecule has 1 fully saturated rings. The summed E-state index contributed by atoms with van der Waals surface area (Å²) in [6.07, 6.45) is 2.16. The Hall–Kier alpha value is -3.29. The van der Waals surface area contributed by atoms with Crippen LogP contribution in [0.2, 0.25) is 0 Å². The van der Waals surface area contributed by atoms with Crippen molar-refractivity contribution in [2.24, 2.45) is 0 Å². The Kier molecular flexibility index (Phi) is 3.64. The molecule has 2 amide bonds. The number of fused-ring (bicyclic) bond motifs is 1. The van der Waals surface area contributed by atoms with Crippen molar-refractivity contribution >= 4 is 23.3 Å². The number of carbonyl (C=O) groups is 2. The number of hydrogen-bond acceptors (Lipinski definition) is 5. The van der Waals surface area contributed by atoms with Gasteiger partial charge < -0.3 is 10.2 Å². The highest BCUT2D eigenvalue weighted by Gasteiger charge is 2.34. The minimum Gasteiger partial charge on any atom is -0.337 e. The van der Waals surface area contributed by atoms with Crippen LogP contribution in [-0.4, -0.2) is 44.0 Å². The molecule has 1 aliphatic rings. The number of benzene rings is 1. The van der Waals surface area contributed by atoms with Gasteiger partial charge in [0.2, 0.25) is 11.7 Å². The van der Waals surface area contributed by atoms with Gasteiger partial charge in [0.25, 0.3) is 11.7 Å². The molecule has 0 aliphatic carbocycles. The molecule has 126 valence electrons. The van der Waals surface area contributed by atoms with E-state index in [2.05, 4.69) is 20.4 Å². The van der Waals surface area contributed by atoms with Gasteiger partial charge in [-0.25, -0.2) is 9.50 Å². The summed E-state index contributed by atoms with van der Waals surface area (Å²) in [5.41, 5.74) is 1.65. The zero-order valence-electron chi connectivity index (χ0n) is 13.6. The third kappa shape index (κ3) is 2.71. The maximum Gasteiger partial charge on any atom is 0.291 e. The highest BCUT2D eigenvalue weighted by atomic mass is 16.2. The van der Waals surface area contributed by atoms with E-state index >= 15 is 0 Å².